The van der Waals surface area contributed by atoms with Crippen molar-refractivity contribution in [3.8, 4) is 17.6 Å². The Bertz CT molecular complexity index is 1060. The van der Waals surface area contributed by atoms with Gasteiger partial charge < -0.3 is 14.8 Å². The lowest BCUT2D eigenvalue weighted by Crippen LogP contribution is -2.13. The smallest absolute Gasteiger partial charge is 0.266 e. The molecule has 0 aliphatic carbocycles. The van der Waals surface area contributed by atoms with Gasteiger partial charge in [-0.3, -0.25) is 4.79 Å². The second kappa shape index (κ2) is 8.74. The molecule has 140 valence electrons. The van der Waals surface area contributed by atoms with Gasteiger partial charge in [-0.25, -0.2) is 0 Å². The van der Waals surface area contributed by atoms with Crippen LogP contribution in [0.15, 0.2) is 66.2 Å². The molecule has 5 nitrogen and oxygen atoms in total. The molecule has 0 atom stereocenters. The summed E-state index contributed by atoms with van der Waals surface area (Å²) in [6.45, 7) is 2.38. The number of carbonyl (C=O) groups is 1. The number of methoxy groups -OCH3 is 1. The highest BCUT2D eigenvalue weighted by Gasteiger charge is 2.13. The molecule has 0 aliphatic heterocycles. The van der Waals surface area contributed by atoms with E-state index in [2.05, 4.69) is 5.32 Å². The van der Waals surface area contributed by atoms with Gasteiger partial charge in [0, 0.05) is 11.3 Å². The first-order chi connectivity index (χ1) is 13.7. The Labute approximate surface area is 163 Å². The van der Waals surface area contributed by atoms with Gasteiger partial charge in [0.05, 0.1) is 13.7 Å². The minimum Gasteiger partial charge on any atom is -0.497 e. The van der Waals surface area contributed by atoms with E-state index in [0.717, 1.165) is 10.8 Å². The van der Waals surface area contributed by atoms with Crippen LogP contribution in [0.2, 0.25) is 0 Å². The average Bonchev–Trinajstić information content (AvgIpc) is 2.73. The third kappa shape index (κ3) is 4.13. The number of amides is 1. The van der Waals surface area contributed by atoms with Crippen LogP contribution in [0.1, 0.15) is 12.5 Å². The number of nitrogens with one attached hydrogen (secondary N) is 1. The van der Waals surface area contributed by atoms with E-state index < -0.39 is 5.91 Å². The lowest BCUT2D eigenvalue weighted by molar-refractivity contribution is -0.112. The molecule has 0 bridgehead atoms. The zero-order chi connectivity index (χ0) is 19.9. The largest absolute Gasteiger partial charge is 0.497 e. The van der Waals surface area contributed by atoms with Crippen LogP contribution in [0.4, 0.5) is 5.69 Å². The van der Waals surface area contributed by atoms with Crippen LogP contribution < -0.4 is 14.8 Å². The van der Waals surface area contributed by atoms with Gasteiger partial charge in [0.15, 0.2) is 0 Å². The number of nitrogens with zero attached hydrogens (tertiary/aromatic N) is 1. The lowest BCUT2D eigenvalue weighted by atomic mass is 10.0. The first-order valence-corrected chi connectivity index (χ1v) is 8.88. The van der Waals surface area contributed by atoms with Gasteiger partial charge in [0.1, 0.15) is 23.1 Å². The number of hydrogen-bond donors (Lipinski definition) is 1. The molecule has 1 N–H and O–H groups in total. The molecule has 0 saturated carbocycles. The van der Waals surface area contributed by atoms with Crippen molar-refractivity contribution in [1.82, 2.24) is 0 Å². The van der Waals surface area contributed by atoms with E-state index in [0.29, 0.717) is 29.4 Å². The van der Waals surface area contributed by atoms with Gasteiger partial charge >= 0.3 is 0 Å². The van der Waals surface area contributed by atoms with E-state index in [4.69, 9.17) is 9.47 Å². The van der Waals surface area contributed by atoms with Crippen LogP contribution in [0.25, 0.3) is 16.8 Å². The molecule has 3 aromatic carbocycles. The highest BCUT2D eigenvalue weighted by molar-refractivity contribution is 6.11. The van der Waals surface area contributed by atoms with Crippen LogP contribution in [0.5, 0.6) is 11.5 Å². The summed E-state index contributed by atoms with van der Waals surface area (Å²) in [5.74, 6) is 0.834. The molecule has 0 aromatic heterocycles. The van der Waals surface area contributed by atoms with Crippen molar-refractivity contribution >= 4 is 28.4 Å². The molecule has 0 heterocycles. The highest BCUT2D eigenvalue weighted by Crippen LogP contribution is 2.30. The SMILES string of the molecule is CCOc1ccc2ccccc2c1C=C(C#N)C(=O)Nc1ccc(OC)cc1. The molecular formula is C23H20N2O3. The summed E-state index contributed by atoms with van der Waals surface area (Å²) < 4.78 is 10.8. The van der Waals surface area contributed by atoms with Crippen molar-refractivity contribution in [3.63, 3.8) is 0 Å². The minimum atomic E-state index is -0.483. The Morgan fingerprint density at radius 2 is 1.86 bits per heavy atom. The van der Waals surface area contributed by atoms with E-state index in [1.165, 1.54) is 0 Å². The molecule has 0 aliphatic rings. The lowest BCUT2D eigenvalue weighted by Gasteiger charge is -2.11. The van der Waals surface area contributed by atoms with Gasteiger partial charge in [-0.05, 0) is 54.1 Å². The van der Waals surface area contributed by atoms with Gasteiger partial charge in [0.25, 0.3) is 5.91 Å². The molecule has 0 fully saturated rings. The first kappa shape index (κ1) is 19.0. The average molecular weight is 372 g/mol. The fourth-order valence-corrected chi connectivity index (χ4v) is 2.87. The van der Waals surface area contributed by atoms with Crippen LogP contribution in [0.3, 0.4) is 0 Å². The molecule has 28 heavy (non-hydrogen) atoms. The number of ether oxygens (including phenoxy) is 2. The summed E-state index contributed by atoms with van der Waals surface area (Å²) in [5, 5.41) is 14.2. The zero-order valence-corrected chi connectivity index (χ0v) is 15.7. The number of hydrogen-bond acceptors (Lipinski definition) is 4. The summed E-state index contributed by atoms with van der Waals surface area (Å²) >= 11 is 0. The number of nitriles is 1. The van der Waals surface area contributed by atoms with Crippen LogP contribution in [0, 0.1) is 11.3 Å². The standard InChI is InChI=1S/C23H20N2O3/c1-3-28-22-13-8-16-6-4-5-7-20(16)21(22)14-17(15-24)23(26)25-18-9-11-19(27-2)12-10-18/h4-14H,3H2,1-2H3,(H,25,26). The quantitative estimate of drug-likeness (QED) is 0.499. The summed E-state index contributed by atoms with van der Waals surface area (Å²) in [6.07, 6.45) is 1.58. The van der Waals surface area contributed by atoms with E-state index in [9.17, 15) is 10.1 Å². The van der Waals surface area contributed by atoms with E-state index in [1.807, 2.05) is 49.4 Å². The van der Waals surface area contributed by atoms with Crippen molar-refractivity contribution in [1.29, 1.82) is 5.26 Å². The van der Waals surface area contributed by atoms with E-state index in [1.54, 1.807) is 37.5 Å². The Balaban J connectivity index is 1.98. The van der Waals surface area contributed by atoms with Gasteiger partial charge in [-0.1, -0.05) is 30.3 Å². The maximum absolute atomic E-state index is 12.6. The molecule has 0 unspecified atom stereocenters. The third-order valence-corrected chi connectivity index (χ3v) is 4.23. The molecule has 3 aromatic rings. The monoisotopic (exact) mass is 372 g/mol. The van der Waals surface area contributed by atoms with E-state index >= 15 is 0 Å². The number of anilines is 1. The van der Waals surface area contributed by atoms with Crippen molar-refractivity contribution < 1.29 is 14.3 Å². The Hall–Kier alpha value is -3.78. The topological polar surface area (TPSA) is 71.3 Å². The number of carbonyl (C=O) groups excluding carboxylic acids is 1. The second-order valence-corrected chi connectivity index (χ2v) is 5.98. The number of benzene rings is 3. The van der Waals surface area contributed by atoms with Crippen molar-refractivity contribution in [2.45, 2.75) is 6.92 Å². The maximum atomic E-state index is 12.6. The molecule has 5 heteroatoms. The molecule has 3 rings (SSSR count). The fourth-order valence-electron chi connectivity index (χ4n) is 2.87. The first-order valence-electron chi connectivity index (χ1n) is 8.88. The second-order valence-electron chi connectivity index (χ2n) is 5.98. The Kier molecular flexibility index (Phi) is 5.93. The molecule has 0 radical (unpaired) electrons. The Morgan fingerprint density at radius 1 is 1.11 bits per heavy atom. The van der Waals surface area contributed by atoms with E-state index in [-0.39, 0.29) is 5.57 Å². The normalized spacial score (nSPS) is 11.0. The molecule has 0 saturated heterocycles. The molecule has 0 spiro atoms. The Morgan fingerprint density at radius 3 is 2.54 bits per heavy atom. The van der Waals surface area contributed by atoms with Crippen molar-refractivity contribution in [2.24, 2.45) is 0 Å². The summed E-state index contributed by atoms with van der Waals surface area (Å²) in [7, 11) is 1.57. The molecule has 1 amide bonds. The summed E-state index contributed by atoms with van der Waals surface area (Å²) in [4.78, 5) is 12.6. The number of fused-ring (bicyclic) bond motifs is 1. The summed E-state index contributed by atoms with van der Waals surface area (Å²) in [5.41, 5.74) is 1.28. The van der Waals surface area contributed by atoms with Crippen molar-refractivity contribution in [3.05, 3.63) is 71.8 Å². The van der Waals surface area contributed by atoms with Crippen LogP contribution in [-0.2, 0) is 4.79 Å². The predicted octanol–water partition coefficient (Wildman–Crippen LogP) is 4.79. The van der Waals surface area contributed by atoms with Gasteiger partial charge in [-0.2, -0.15) is 5.26 Å². The minimum absolute atomic E-state index is 0.00637. The molecular weight excluding hydrogens is 352 g/mol. The van der Waals surface area contributed by atoms with Gasteiger partial charge in [0.2, 0.25) is 0 Å². The van der Waals surface area contributed by atoms with Crippen molar-refractivity contribution in [2.75, 3.05) is 19.0 Å². The van der Waals surface area contributed by atoms with Crippen LogP contribution >= 0.6 is 0 Å². The van der Waals surface area contributed by atoms with Gasteiger partial charge in [-0.15, -0.1) is 0 Å². The van der Waals surface area contributed by atoms with Crippen LogP contribution in [-0.4, -0.2) is 19.6 Å². The zero-order valence-electron chi connectivity index (χ0n) is 15.7. The summed E-state index contributed by atoms with van der Waals surface area (Å²) in [6, 6.07) is 20.5. The fraction of sp³-hybridized carbons (Fsp3) is 0.130. The highest BCUT2D eigenvalue weighted by atomic mass is 16.5. The predicted molar refractivity (Wildman–Crippen MR) is 110 cm³/mol. The number of rotatable bonds is 6. The maximum Gasteiger partial charge on any atom is 0.266 e. The third-order valence-electron chi connectivity index (χ3n) is 4.23.